The maximum Gasteiger partial charge on any atom is 0.417 e. The fourth-order valence-electron chi connectivity index (χ4n) is 5.38. The SMILES string of the molecule is NC(=O)c1ncc(OCC2CCC(/C=C/c3c(-c4ccccc4C(F)(F)F)noc3C3CC3)CC2)cc1OC1CC1. The molecule has 0 spiro atoms. The number of allylic oxidation sites excluding steroid dienone is 1. The molecule has 216 valence electrons. The Kier molecular flexibility index (Phi) is 7.48. The second-order valence-electron chi connectivity index (χ2n) is 11.3. The third kappa shape index (κ3) is 6.41. The van der Waals surface area contributed by atoms with Gasteiger partial charge in [-0.15, -0.1) is 0 Å². The molecule has 0 aliphatic heterocycles. The van der Waals surface area contributed by atoms with Crippen LogP contribution in [0.2, 0.25) is 0 Å². The minimum atomic E-state index is -4.48. The van der Waals surface area contributed by atoms with Gasteiger partial charge in [0.05, 0.1) is 24.5 Å². The Morgan fingerprint density at radius 3 is 2.51 bits per heavy atom. The Labute approximate surface area is 235 Å². The summed E-state index contributed by atoms with van der Waals surface area (Å²) < 4.78 is 58.6. The Hall–Kier alpha value is -3.82. The van der Waals surface area contributed by atoms with E-state index in [-0.39, 0.29) is 29.0 Å². The maximum absolute atomic E-state index is 13.7. The average molecular weight is 568 g/mol. The Morgan fingerprint density at radius 1 is 1.07 bits per heavy atom. The monoisotopic (exact) mass is 567 g/mol. The lowest BCUT2D eigenvalue weighted by molar-refractivity contribution is -0.137. The van der Waals surface area contributed by atoms with Crippen LogP contribution in [0.4, 0.5) is 13.2 Å². The molecule has 6 rings (SSSR count). The van der Waals surface area contributed by atoms with Crippen molar-refractivity contribution in [3.8, 4) is 22.8 Å². The average Bonchev–Trinajstić information content (AvgIpc) is 3.90. The van der Waals surface area contributed by atoms with Gasteiger partial charge < -0.3 is 19.7 Å². The minimum Gasteiger partial charge on any atom is -0.492 e. The second-order valence-corrected chi connectivity index (χ2v) is 11.3. The number of rotatable bonds is 10. The second kappa shape index (κ2) is 11.2. The summed E-state index contributed by atoms with van der Waals surface area (Å²) >= 11 is 0. The fraction of sp³-hybridized carbons (Fsp3) is 0.452. The van der Waals surface area contributed by atoms with Crippen molar-refractivity contribution in [1.29, 1.82) is 0 Å². The van der Waals surface area contributed by atoms with Crippen LogP contribution in [0.25, 0.3) is 17.3 Å². The van der Waals surface area contributed by atoms with Crippen molar-refractivity contribution in [3.63, 3.8) is 0 Å². The van der Waals surface area contributed by atoms with Gasteiger partial charge in [0.25, 0.3) is 5.91 Å². The van der Waals surface area contributed by atoms with Crippen molar-refractivity contribution in [2.24, 2.45) is 17.6 Å². The van der Waals surface area contributed by atoms with E-state index in [1.54, 1.807) is 12.1 Å². The predicted molar refractivity (Wildman–Crippen MR) is 145 cm³/mol. The maximum atomic E-state index is 13.7. The number of pyridine rings is 1. The number of nitrogens with two attached hydrogens (primary N) is 1. The lowest BCUT2D eigenvalue weighted by atomic mass is 9.82. The molecule has 3 saturated carbocycles. The Bertz CT molecular complexity index is 1430. The van der Waals surface area contributed by atoms with E-state index in [0.717, 1.165) is 57.4 Å². The topological polar surface area (TPSA) is 100 Å². The van der Waals surface area contributed by atoms with Crippen LogP contribution >= 0.6 is 0 Å². The van der Waals surface area contributed by atoms with Gasteiger partial charge in [0.15, 0.2) is 11.4 Å². The Balaban J connectivity index is 1.09. The normalized spacial score (nSPS) is 21.2. The third-order valence-electron chi connectivity index (χ3n) is 7.98. The molecule has 1 aromatic carbocycles. The summed E-state index contributed by atoms with van der Waals surface area (Å²) in [6, 6.07) is 7.21. The first-order valence-corrected chi connectivity index (χ1v) is 14.2. The molecular formula is C31H32F3N3O4. The summed E-state index contributed by atoms with van der Waals surface area (Å²) in [6.07, 6.45) is 8.73. The van der Waals surface area contributed by atoms with Gasteiger partial charge in [-0.25, -0.2) is 4.98 Å². The quantitative estimate of drug-likeness (QED) is 0.279. The first kappa shape index (κ1) is 27.4. The van der Waals surface area contributed by atoms with Crippen LogP contribution in [0.15, 0.2) is 47.1 Å². The predicted octanol–water partition coefficient (Wildman–Crippen LogP) is 7.17. The summed E-state index contributed by atoms with van der Waals surface area (Å²) in [4.78, 5) is 15.8. The molecule has 3 aliphatic carbocycles. The van der Waals surface area contributed by atoms with Crippen molar-refractivity contribution in [3.05, 3.63) is 65.2 Å². The number of amides is 1. The standard InChI is InChI=1S/C31H32F3N3O4/c32-31(33,34)25-4-2-1-3-23(25)27-24(29(41-37-27)20-10-11-20)14-9-18-5-7-19(8-6-18)17-39-22-15-26(40-21-12-13-21)28(30(35)38)36-16-22/h1-4,9,14-16,18-21H,5-8,10-13,17H2,(H2,35,38)/b14-9+. The van der Waals surface area contributed by atoms with E-state index in [0.29, 0.717) is 41.3 Å². The number of aromatic nitrogens is 2. The van der Waals surface area contributed by atoms with E-state index in [1.165, 1.54) is 18.3 Å². The number of nitrogens with zero attached hydrogens (tertiary/aromatic N) is 2. The van der Waals surface area contributed by atoms with Gasteiger partial charge in [0.2, 0.25) is 0 Å². The zero-order valence-electron chi connectivity index (χ0n) is 22.5. The van der Waals surface area contributed by atoms with Crippen molar-refractivity contribution in [2.45, 2.75) is 69.6 Å². The lowest BCUT2D eigenvalue weighted by Crippen LogP contribution is -2.20. The van der Waals surface area contributed by atoms with Crippen LogP contribution in [0.3, 0.4) is 0 Å². The highest BCUT2D eigenvalue weighted by Gasteiger charge is 2.37. The number of carbonyl (C=O) groups excluding carboxylic acids is 1. The van der Waals surface area contributed by atoms with Crippen molar-refractivity contribution >= 4 is 12.0 Å². The summed E-state index contributed by atoms with van der Waals surface area (Å²) in [5, 5.41) is 4.11. The molecular weight excluding hydrogens is 535 g/mol. The molecule has 0 saturated heterocycles. The summed E-state index contributed by atoms with van der Waals surface area (Å²) in [6.45, 7) is 0.521. The molecule has 3 fully saturated rings. The number of ether oxygens (including phenoxy) is 2. The first-order valence-electron chi connectivity index (χ1n) is 14.2. The van der Waals surface area contributed by atoms with E-state index in [4.69, 9.17) is 19.7 Å². The first-order chi connectivity index (χ1) is 19.8. The third-order valence-corrected chi connectivity index (χ3v) is 7.98. The molecule has 2 N–H and O–H groups in total. The highest BCUT2D eigenvalue weighted by atomic mass is 19.4. The van der Waals surface area contributed by atoms with E-state index in [1.807, 2.05) is 6.08 Å². The number of hydrogen-bond acceptors (Lipinski definition) is 6. The highest BCUT2D eigenvalue weighted by molar-refractivity contribution is 5.93. The van der Waals surface area contributed by atoms with Gasteiger partial charge in [-0.1, -0.05) is 35.5 Å². The summed E-state index contributed by atoms with van der Waals surface area (Å²) in [7, 11) is 0. The molecule has 0 radical (unpaired) electrons. The number of primary amides is 1. The molecule has 0 bridgehead atoms. The number of hydrogen-bond donors (Lipinski definition) is 1. The van der Waals surface area contributed by atoms with Crippen LogP contribution in [-0.4, -0.2) is 28.8 Å². The van der Waals surface area contributed by atoms with Crippen LogP contribution in [-0.2, 0) is 6.18 Å². The van der Waals surface area contributed by atoms with E-state index < -0.39 is 17.6 Å². The Morgan fingerprint density at radius 2 is 1.83 bits per heavy atom. The largest absolute Gasteiger partial charge is 0.492 e. The molecule has 0 atom stereocenters. The molecule has 7 nitrogen and oxygen atoms in total. The van der Waals surface area contributed by atoms with Gasteiger partial charge in [-0.2, -0.15) is 13.2 Å². The number of carbonyl (C=O) groups is 1. The highest BCUT2D eigenvalue weighted by Crippen LogP contribution is 2.46. The summed E-state index contributed by atoms with van der Waals surface area (Å²) in [5.41, 5.74) is 5.77. The van der Waals surface area contributed by atoms with Gasteiger partial charge in [0, 0.05) is 23.1 Å². The minimum absolute atomic E-state index is 0.0418. The van der Waals surface area contributed by atoms with Crippen molar-refractivity contribution in [1.82, 2.24) is 10.1 Å². The fourth-order valence-corrected chi connectivity index (χ4v) is 5.38. The molecule has 10 heteroatoms. The zero-order chi connectivity index (χ0) is 28.6. The van der Waals surface area contributed by atoms with E-state index in [9.17, 15) is 18.0 Å². The molecule has 2 heterocycles. The van der Waals surface area contributed by atoms with Crippen LogP contribution in [0, 0.1) is 11.8 Å². The van der Waals surface area contributed by atoms with Gasteiger partial charge in [-0.3, -0.25) is 4.79 Å². The van der Waals surface area contributed by atoms with E-state index >= 15 is 0 Å². The van der Waals surface area contributed by atoms with Gasteiger partial charge >= 0.3 is 6.18 Å². The van der Waals surface area contributed by atoms with Crippen molar-refractivity contribution in [2.75, 3.05) is 6.61 Å². The number of halogens is 3. The van der Waals surface area contributed by atoms with Gasteiger partial charge in [0.1, 0.15) is 17.2 Å². The number of benzene rings is 1. The van der Waals surface area contributed by atoms with Crippen LogP contribution in [0.5, 0.6) is 11.5 Å². The number of alkyl halides is 3. The van der Waals surface area contributed by atoms with Crippen molar-refractivity contribution < 1.29 is 32.0 Å². The molecule has 0 unspecified atom stereocenters. The van der Waals surface area contributed by atoms with Crippen LogP contribution < -0.4 is 15.2 Å². The molecule has 2 aromatic heterocycles. The lowest BCUT2D eigenvalue weighted by Gasteiger charge is -2.26. The van der Waals surface area contributed by atoms with Gasteiger partial charge in [-0.05, 0) is 69.3 Å². The molecule has 3 aromatic rings. The molecule has 41 heavy (non-hydrogen) atoms. The summed E-state index contributed by atoms with van der Waals surface area (Å²) in [5.74, 6) is 1.82. The smallest absolute Gasteiger partial charge is 0.417 e. The van der Waals surface area contributed by atoms with E-state index in [2.05, 4.69) is 16.2 Å². The van der Waals surface area contributed by atoms with Crippen LogP contribution in [0.1, 0.15) is 84.7 Å². The molecule has 3 aliphatic rings. The molecule has 1 amide bonds. The zero-order valence-corrected chi connectivity index (χ0v) is 22.5.